The highest BCUT2D eigenvalue weighted by atomic mass is 16.2. The molecule has 5 nitrogen and oxygen atoms in total. The molecule has 0 unspecified atom stereocenters. The standard InChI is InChI=1S/C20H24N4O.C11H12.C2H6/c1-7-16-8-10-17(11-9-16)24(13-18(25)23-20(4,5)6)19-21-12-14(2)15(3)22-19;1-5-11-6-8(2)10(4)9(3)7-11;1-2/h1,8-12H,13H2,2-6H3,(H,23,25);1,6-7H,2-4H3;1-2H3. The molecule has 0 radical (unpaired) electrons. The second kappa shape index (κ2) is 14.6. The summed E-state index contributed by atoms with van der Waals surface area (Å²) in [6.45, 7) is 20.1. The summed E-state index contributed by atoms with van der Waals surface area (Å²) in [6, 6.07) is 11.5. The number of amides is 1. The number of terminal acetylenes is 2. The lowest BCUT2D eigenvalue weighted by Crippen LogP contribution is -2.45. The molecule has 0 saturated heterocycles. The van der Waals surface area contributed by atoms with Crippen molar-refractivity contribution in [1.82, 2.24) is 15.3 Å². The average Bonchev–Trinajstić information content (AvgIpc) is 2.88. The maximum atomic E-state index is 12.5. The van der Waals surface area contributed by atoms with Gasteiger partial charge in [0.05, 0.1) is 0 Å². The molecular formula is C33H42N4O. The molecule has 0 aliphatic carbocycles. The number of hydrogen-bond donors (Lipinski definition) is 1. The molecule has 0 aliphatic heterocycles. The van der Waals surface area contributed by atoms with Gasteiger partial charge in [-0.25, -0.2) is 9.97 Å². The molecule has 0 fully saturated rings. The minimum Gasteiger partial charge on any atom is -0.350 e. The van der Waals surface area contributed by atoms with E-state index in [1.165, 1.54) is 16.7 Å². The third-order valence-corrected chi connectivity index (χ3v) is 5.71. The lowest BCUT2D eigenvalue weighted by molar-refractivity contribution is -0.121. The quantitative estimate of drug-likeness (QED) is 0.395. The Balaban J connectivity index is 0.000000463. The van der Waals surface area contributed by atoms with Crippen LogP contribution in [-0.4, -0.2) is 28.0 Å². The minimum absolute atomic E-state index is 0.102. The normalized spacial score (nSPS) is 10.0. The predicted octanol–water partition coefficient (Wildman–Crippen LogP) is 6.75. The number of carbonyl (C=O) groups excluding carboxylic acids is 1. The first kappa shape index (κ1) is 31.9. The van der Waals surface area contributed by atoms with Crippen LogP contribution in [-0.2, 0) is 4.79 Å². The molecule has 5 heteroatoms. The van der Waals surface area contributed by atoms with E-state index in [0.29, 0.717) is 5.95 Å². The number of anilines is 2. The zero-order valence-corrected chi connectivity index (χ0v) is 24.7. The van der Waals surface area contributed by atoms with E-state index in [1.807, 2.05) is 84.9 Å². The van der Waals surface area contributed by atoms with E-state index < -0.39 is 0 Å². The number of benzene rings is 2. The maximum absolute atomic E-state index is 12.5. The highest BCUT2D eigenvalue weighted by Crippen LogP contribution is 2.23. The van der Waals surface area contributed by atoms with Crippen LogP contribution in [0.3, 0.4) is 0 Å². The Morgan fingerprint density at radius 2 is 1.42 bits per heavy atom. The number of rotatable bonds is 4. The number of nitrogens with one attached hydrogen (secondary N) is 1. The number of hydrogen-bond acceptors (Lipinski definition) is 4. The van der Waals surface area contributed by atoms with Gasteiger partial charge in [-0.15, -0.1) is 12.8 Å². The van der Waals surface area contributed by atoms with Crippen molar-refractivity contribution in [3.63, 3.8) is 0 Å². The third kappa shape index (κ3) is 9.75. The van der Waals surface area contributed by atoms with Crippen LogP contribution in [0.5, 0.6) is 0 Å². The van der Waals surface area contributed by atoms with Gasteiger partial charge in [-0.2, -0.15) is 0 Å². The molecule has 0 bridgehead atoms. The molecule has 1 N–H and O–H groups in total. The Morgan fingerprint density at radius 1 is 0.895 bits per heavy atom. The molecule has 38 heavy (non-hydrogen) atoms. The van der Waals surface area contributed by atoms with Gasteiger partial charge in [0.15, 0.2) is 0 Å². The molecular weight excluding hydrogens is 468 g/mol. The molecule has 2 aromatic carbocycles. The van der Waals surface area contributed by atoms with Gasteiger partial charge in [-0.1, -0.05) is 25.7 Å². The molecule has 1 heterocycles. The largest absolute Gasteiger partial charge is 0.350 e. The molecule has 3 aromatic rings. The van der Waals surface area contributed by atoms with E-state index in [2.05, 4.69) is 47.9 Å². The lowest BCUT2D eigenvalue weighted by Gasteiger charge is -2.26. The molecule has 200 valence electrons. The molecule has 1 amide bonds. The van der Waals surface area contributed by atoms with Gasteiger partial charge in [0.2, 0.25) is 11.9 Å². The topological polar surface area (TPSA) is 58.1 Å². The fourth-order valence-corrected chi connectivity index (χ4v) is 3.38. The Morgan fingerprint density at radius 3 is 1.87 bits per heavy atom. The van der Waals surface area contributed by atoms with E-state index in [4.69, 9.17) is 12.8 Å². The van der Waals surface area contributed by atoms with E-state index in [-0.39, 0.29) is 18.0 Å². The van der Waals surface area contributed by atoms with Gasteiger partial charge >= 0.3 is 0 Å². The van der Waals surface area contributed by atoms with Crippen LogP contribution in [0.4, 0.5) is 11.6 Å². The van der Waals surface area contributed by atoms with Crippen molar-refractivity contribution in [3.05, 3.63) is 81.7 Å². The summed E-state index contributed by atoms with van der Waals surface area (Å²) in [5.41, 5.74) is 8.04. The van der Waals surface area contributed by atoms with Gasteiger partial charge < -0.3 is 10.2 Å². The minimum atomic E-state index is -0.305. The summed E-state index contributed by atoms with van der Waals surface area (Å²) in [4.78, 5) is 23.2. The van der Waals surface area contributed by atoms with Crippen LogP contribution in [0, 0.1) is 59.3 Å². The van der Waals surface area contributed by atoms with Gasteiger partial charge in [-0.3, -0.25) is 4.79 Å². The van der Waals surface area contributed by atoms with Crippen LogP contribution >= 0.6 is 0 Å². The van der Waals surface area contributed by atoms with Crippen molar-refractivity contribution in [2.75, 3.05) is 11.4 Å². The zero-order valence-electron chi connectivity index (χ0n) is 24.7. The molecule has 0 saturated carbocycles. The Hall–Kier alpha value is -4.09. The molecule has 3 rings (SSSR count). The molecule has 1 aromatic heterocycles. The molecule has 0 aliphatic rings. The summed E-state index contributed by atoms with van der Waals surface area (Å²) >= 11 is 0. The zero-order chi connectivity index (χ0) is 29.0. The lowest BCUT2D eigenvalue weighted by atomic mass is 10.0. The van der Waals surface area contributed by atoms with E-state index in [1.54, 1.807) is 11.1 Å². The number of aryl methyl sites for hydroxylation is 4. The summed E-state index contributed by atoms with van der Waals surface area (Å²) in [5.74, 6) is 5.61. The number of carbonyl (C=O) groups is 1. The highest BCUT2D eigenvalue weighted by molar-refractivity contribution is 5.84. The van der Waals surface area contributed by atoms with Gasteiger partial charge in [0.25, 0.3) is 0 Å². The fourth-order valence-electron chi connectivity index (χ4n) is 3.38. The molecule has 0 spiro atoms. The summed E-state index contributed by atoms with van der Waals surface area (Å²) in [6.07, 6.45) is 12.5. The van der Waals surface area contributed by atoms with Crippen molar-refractivity contribution in [3.8, 4) is 24.7 Å². The van der Waals surface area contributed by atoms with Crippen LogP contribution in [0.25, 0.3) is 0 Å². The van der Waals surface area contributed by atoms with Gasteiger partial charge in [-0.05, 0) is 114 Å². The Bertz CT molecular complexity index is 1280. The predicted molar refractivity (Wildman–Crippen MR) is 161 cm³/mol. The summed E-state index contributed by atoms with van der Waals surface area (Å²) < 4.78 is 0. The SMILES string of the molecule is C#Cc1cc(C)c(C)c(C)c1.C#Cc1ccc(N(CC(=O)NC(C)(C)C)c2ncc(C)c(C)n2)cc1.CC. The highest BCUT2D eigenvalue weighted by Gasteiger charge is 2.20. The maximum Gasteiger partial charge on any atom is 0.240 e. The van der Waals surface area contributed by atoms with Crippen LogP contribution < -0.4 is 10.2 Å². The van der Waals surface area contributed by atoms with Crippen LogP contribution in [0.1, 0.15) is 73.7 Å². The summed E-state index contributed by atoms with van der Waals surface area (Å²) in [5, 5.41) is 2.97. The van der Waals surface area contributed by atoms with Crippen molar-refractivity contribution in [2.45, 2.75) is 74.8 Å². The Labute approximate surface area is 230 Å². The number of aromatic nitrogens is 2. The van der Waals surface area contributed by atoms with Crippen molar-refractivity contribution in [2.24, 2.45) is 0 Å². The van der Waals surface area contributed by atoms with E-state index >= 15 is 0 Å². The smallest absolute Gasteiger partial charge is 0.240 e. The monoisotopic (exact) mass is 510 g/mol. The second-order valence-corrected chi connectivity index (χ2v) is 9.89. The van der Waals surface area contributed by atoms with Crippen molar-refractivity contribution in [1.29, 1.82) is 0 Å². The van der Waals surface area contributed by atoms with Gasteiger partial charge in [0, 0.05) is 34.2 Å². The first-order chi connectivity index (χ1) is 17.8. The average molecular weight is 511 g/mol. The summed E-state index contributed by atoms with van der Waals surface area (Å²) in [7, 11) is 0. The van der Waals surface area contributed by atoms with E-state index in [0.717, 1.165) is 28.1 Å². The first-order valence-electron chi connectivity index (χ1n) is 12.8. The van der Waals surface area contributed by atoms with Crippen molar-refractivity contribution >= 4 is 17.5 Å². The van der Waals surface area contributed by atoms with Crippen molar-refractivity contribution < 1.29 is 4.79 Å². The second-order valence-electron chi connectivity index (χ2n) is 9.89. The van der Waals surface area contributed by atoms with Gasteiger partial charge in [0.1, 0.15) is 6.54 Å². The van der Waals surface area contributed by atoms with Crippen LogP contribution in [0.2, 0.25) is 0 Å². The van der Waals surface area contributed by atoms with Crippen LogP contribution in [0.15, 0.2) is 42.6 Å². The first-order valence-corrected chi connectivity index (χ1v) is 12.8. The molecule has 0 atom stereocenters. The number of nitrogens with zero attached hydrogens (tertiary/aromatic N) is 3. The fraction of sp³-hybridized carbons (Fsp3) is 0.364. The Kier molecular flexibility index (Phi) is 12.3. The van der Waals surface area contributed by atoms with E-state index in [9.17, 15) is 4.79 Å². The third-order valence-electron chi connectivity index (χ3n) is 5.71.